The third kappa shape index (κ3) is 5.90. The zero-order chi connectivity index (χ0) is 30.0. The first-order chi connectivity index (χ1) is 20.1. The van der Waals surface area contributed by atoms with E-state index in [1.54, 1.807) is 37.4 Å². The van der Waals surface area contributed by atoms with Crippen LogP contribution in [0.5, 0.6) is 5.88 Å². The summed E-state index contributed by atoms with van der Waals surface area (Å²) in [7, 11) is -4.39. The number of carbonyl (C=O) groups excluding carboxylic acids is 1. The molecule has 5 rings (SSSR count). The average Bonchev–Trinajstić information content (AvgIpc) is 3.10. The second-order valence-corrected chi connectivity index (χ2v) is 11.7. The van der Waals surface area contributed by atoms with Crippen LogP contribution in [0.1, 0.15) is 40.4 Å². The van der Waals surface area contributed by atoms with Crippen molar-refractivity contribution in [1.82, 2.24) is 20.3 Å². The summed E-state index contributed by atoms with van der Waals surface area (Å²) < 4.78 is 76.7. The molecule has 0 aliphatic carbocycles. The van der Waals surface area contributed by atoms with Gasteiger partial charge in [0.15, 0.2) is 6.17 Å². The Morgan fingerprint density at radius 2 is 2.02 bits per heavy atom. The Kier molecular flexibility index (Phi) is 8.62. The minimum Gasteiger partial charge on any atom is -0.477 e. The van der Waals surface area contributed by atoms with Crippen LogP contribution in [-0.2, 0) is 27.7 Å². The summed E-state index contributed by atoms with van der Waals surface area (Å²) in [6.45, 7) is -0.0926. The second-order valence-electron chi connectivity index (χ2n) is 9.30. The van der Waals surface area contributed by atoms with Crippen LogP contribution < -0.4 is 10.1 Å². The molecule has 14 heteroatoms. The lowest BCUT2D eigenvalue weighted by Gasteiger charge is -2.13. The SMILES string of the molecule is CCOc1nc([C@H](F)CF)ccc1-c1ccc2cnc(CNC(=O)c3cc(Cl)c4c(c3)S(=O)(=O)[C@@H](F)COC4)cc2n1. The fourth-order valence-electron chi connectivity index (χ4n) is 4.34. The standard InChI is InChI=1S/C28H24ClF3N4O5S/c1-2-41-28-18(4-6-23(36-28)21(31)10-30)22-5-3-15-11-33-17(9-24(15)35-22)12-34-27(37)16-7-20(29)19-13-40-14-26(32)42(38,39)25(19)8-16/h3-9,11,21,26H,2,10,12-14H2,1H3,(H,34,37)/t21-,26-/m1/s1. The Hall–Kier alpha value is -3.81. The van der Waals surface area contributed by atoms with E-state index in [0.717, 1.165) is 6.07 Å². The molecule has 1 aliphatic heterocycles. The molecule has 1 aromatic carbocycles. The maximum atomic E-state index is 14.2. The molecule has 0 fully saturated rings. The van der Waals surface area contributed by atoms with Crippen LogP contribution in [0.3, 0.4) is 0 Å². The van der Waals surface area contributed by atoms with E-state index >= 15 is 0 Å². The normalized spacial score (nSPS) is 16.8. The lowest BCUT2D eigenvalue weighted by atomic mass is 10.1. The van der Waals surface area contributed by atoms with Crippen molar-refractivity contribution in [1.29, 1.82) is 0 Å². The number of carbonyl (C=O) groups is 1. The Balaban J connectivity index is 1.39. The number of amides is 1. The van der Waals surface area contributed by atoms with E-state index in [-0.39, 0.29) is 52.4 Å². The largest absolute Gasteiger partial charge is 0.477 e. The van der Waals surface area contributed by atoms with Crippen LogP contribution in [0.2, 0.25) is 5.02 Å². The fraction of sp³-hybridized carbons (Fsp3) is 0.286. The Labute approximate surface area is 244 Å². The lowest BCUT2D eigenvalue weighted by Crippen LogP contribution is -2.24. The molecule has 4 heterocycles. The maximum Gasteiger partial charge on any atom is 0.251 e. The van der Waals surface area contributed by atoms with Gasteiger partial charge in [0.05, 0.1) is 59.4 Å². The van der Waals surface area contributed by atoms with Gasteiger partial charge in [-0.2, -0.15) is 0 Å². The van der Waals surface area contributed by atoms with E-state index < -0.39 is 40.7 Å². The number of benzene rings is 1. The molecule has 1 N–H and O–H groups in total. The number of fused-ring (bicyclic) bond motifs is 2. The monoisotopic (exact) mass is 620 g/mol. The summed E-state index contributed by atoms with van der Waals surface area (Å²) in [4.78, 5) is 25.7. The van der Waals surface area contributed by atoms with E-state index in [0.29, 0.717) is 27.9 Å². The Morgan fingerprint density at radius 3 is 2.79 bits per heavy atom. The number of rotatable bonds is 8. The van der Waals surface area contributed by atoms with Gasteiger partial charge in [-0.1, -0.05) is 11.6 Å². The number of aromatic nitrogens is 3. The van der Waals surface area contributed by atoms with Crippen LogP contribution in [-0.4, -0.2) is 54.7 Å². The van der Waals surface area contributed by atoms with Gasteiger partial charge in [0.1, 0.15) is 6.67 Å². The van der Waals surface area contributed by atoms with E-state index in [1.165, 1.54) is 12.1 Å². The first kappa shape index (κ1) is 29.7. The van der Waals surface area contributed by atoms with Gasteiger partial charge in [-0.25, -0.2) is 31.6 Å². The number of nitrogens with one attached hydrogen (secondary N) is 1. The fourth-order valence-corrected chi connectivity index (χ4v) is 6.03. The molecule has 0 saturated heterocycles. The number of pyridine rings is 3. The maximum absolute atomic E-state index is 14.2. The van der Waals surface area contributed by atoms with E-state index in [1.807, 2.05) is 0 Å². The molecule has 0 radical (unpaired) electrons. The number of nitrogens with zero attached hydrogens (tertiary/aromatic N) is 3. The molecule has 4 aromatic rings. The minimum atomic E-state index is -4.39. The highest BCUT2D eigenvalue weighted by atomic mass is 35.5. The van der Waals surface area contributed by atoms with Gasteiger partial charge in [-0.15, -0.1) is 0 Å². The van der Waals surface area contributed by atoms with E-state index in [9.17, 15) is 26.4 Å². The molecule has 0 bridgehead atoms. The molecule has 3 aromatic heterocycles. The van der Waals surface area contributed by atoms with Crippen LogP contribution in [0.4, 0.5) is 13.2 Å². The zero-order valence-electron chi connectivity index (χ0n) is 22.1. The number of halogens is 4. The predicted molar refractivity (Wildman–Crippen MR) is 148 cm³/mol. The lowest BCUT2D eigenvalue weighted by molar-refractivity contribution is 0.0947. The zero-order valence-corrected chi connectivity index (χ0v) is 23.7. The number of sulfone groups is 1. The number of hydrogen-bond acceptors (Lipinski definition) is 8. The van der Waals surface area contributed by atoms with Crippen LogP contribution in [0, 0.1) is 0 Å². The van der Waals surface area contributed by atoms with Crippen LogP contribution in [0.15, 0.2) is 53.6 Å². The van der Waals surface area contributed by atoms with Crippen molar-refractivity contribution in [3.05, 3.63) is 76.2 Å². The number of ether oxygens (including phenoxy) is 2. The van der Waals surface area contributed by atoms with Crippen molar-refractivity contribution in [2.45, 2.75) is 36.6 Å². The number of alkyl halides is 3. The highest BCUT2D eigenvalue weighted by Crippen LogP contribution is 2.33. The van der Waals surface area contributed by atoms with Gasteiger partial charge < -0.3 is 14.8 Å². The van der Waals surface area contributed by atoms with Gasteiger partial charge in [0.2, 0.25) is 21.2 Å². The van der Waals surface area contributed by atoms with E-state index in [4.69, 9.17) is 21.1 Å². The van der Waals surface area contributed by atoms with Gasteiger partial charge in [0, 0.05) is 27.7 Å². The predicted octanol–water partition coefficient (Wildman–Crippen LogP) is 5.25. The quantitative estimate of drug-likeness (QED) is 0.284. The molecular weight excluding hydrogens is 597 g/mol. The van der Waals surface area contributed by atoms with E-state index in [2.05, 4.69) is 20.3 Å². The van der Waals surface area contributed by atoms with Gasteiger partial charge in [-0.05, 0) is 49.4 Å². The van der Waals surface area contributed by atoms with Crippen molar-refractivity contribution in [2.75, 3.05) is 19.9 Å². The first-order valence-corrected chi connectivity index (χ1v) is 14.7. The summed E-state index contributed by atoms with van der Waals surface area (Å²) >= 11 is 6.23. The molecule has 42 heavy (non-hydrogen) atoms. The molecule has 0 saturated carbocycles. The van der Waals surface area contributed by atoms with Crippen molar-refractivity contribution < 1.29 is 35.9 Å². The van der Waals surface area contributed by atoms with Crippen LogP contribution in [0.25, 0.3) is 22.2 Å². The molecule has 0 unspecified atom stereocenters. The average molecular weight is 621 g/mol. The summed E-state index contributed by atoms with van der Waals surface area (Å²) in [5, 5.41) is 3.33. The van der Waals surface area contributed by atoms with Crippen LogP contribution >= 0.6 is 11.6 Å². The van der Waals surface area contributed by atoms with Gasteiger partial charge in [0.25, 0.3) is 5.91 Å². The summed E-state index contributed by atoms with van der Waals surface area (Å²) in [6, 6.07) is 10.5. The summed E-state index contributed by atoms with van der Waals surface area (Å²) in [5.74, 6) is -0.530. The van der Waals surface area contributed by atoms with Crippen molar-refractivity contribution >= 4 is 38.2 Å². The summed E-state index contributed by atoms with van der Waals surface area (Å²) in [5.41, 5.74) is -0.420. The first-order valence-electron chi connectivity index (χ1n) is 12.8. The second kappa shape index (κ2) is 12.2. The van der Waals surface area contributed by atoms with Gasteiger partial charge >= 0.3 is 0 Å². The Bertz CT molecular complexity index is 1780. The minimum absolute atomic E-state index is 0.0310. The highest BCUT2D eigenvalue weighted by Gasteiger charge is 2.34. The molecule has 1 aliphatic rings. The molecule has 220 valence electrons. The smallest absolute Gasteiger partial charge is 0.251 e. The van der Waals surface area contributed by atoms with Crippen molar-refractivity contribution in [3.8, 4) is 17.1 Å². The molecular formula is C28H24ClF3N4O5S. The summed E-state index contributed by atoms with van der Waals surface area (Å²) in [6.07, 6.45) is -0.298. The molecule has 2 atom stereocenters. The highest BCUT2D eigenvalue weighted by molar-refractivity contribution is 7.92. The number of hydrogen-bond donors (Lipinski definition) is 1. The van der Waals surface area contributed by atoms with Crippen molar-refractivity contribution in [3.63, 3.8) is 0 Å². The van der Waals surface area contributed by atoms with Crippen molar-refractivity contribution in [2.24, 2.45) is 0 Å². The molecule has 9 nitrogen and oxygen atoms in total. The Morgan fingerprint density at radius 1 is 1.21 bits per heavy atom. The third-order valence-electron chi connectivity index (χ3n) is 6.51. The van der Waals surface area contributed by atoms with Gasteiger partial charge in [-0.3, -0.25) is 9.78 Å². The third-order valence-corrected chi connectivity index (χ3v) is 8.63. The topological polar surface area (TPSA) is 120 Å². The molecule has 0 spiro atoms. The molecule has 1 amide bonds.